The summed E-state index contributed by atoms with van der Waals surface area (Å²) in [5, 5.41) is 12.2. The average Bonchev–Trinajstić information content (AvgIpc) is 3.13. The first kappa shape index (κ1) is 20.9. The Kier molecular flexibility index (Phi) is 5.23. The van der Waals surface area contributed by atoms with Gasteiger partial charge in [-0.15, -0.1) is 0 Å². The van der Waals surface area contributed by atoms with Gasteiger partial charge < -0.3 is 15.6 Å². The Morgan fingerprint density at radius 3 is 2.68 bits per heavy atom. The lowest BCUT2D eigenvalue weighted by Gasteiger charge is -2.26. The molecular weight excluding hydrogens is 420 g/mol. The van der Waals surface area contributed by atoms with E-state index in [1.807, 2.05) is 6.07 Å². The SMILES string of the molecule is Cc1noc(-c2cc(-c3c(C)ccc([C@@H]4CCNC(=O)C4)c3S(N)(=O)=O)cnc2N)n1. The summed E-state index contributed by atoms with van der Waals surface area (Å²) >= 11 is 0. The molecule has 1 aliphatic heterocycles. The van der Waals surface area contributed by atoms with Gasteiger partial charge in [-0.1, -0.05) is 17.3 Å². The maximum Gasteiger partial charge on any atom is 0.261 e. The molecule has 1 aliphatic rings. The lowest BCUT2D eigenvalue weighted by atomic mass is 9.86. The van der Waals surface area contributed by atoms with Crippen LogP contribution in [0, 0.1) is 13.8 Å². The van der Waals surface area contributed by atoms with Gasteiger partial charge in [0.1, 0.15) is 5.82 Å². The fourth-order valence-electron chi connectivity index (χ4n) is 3.92. The molecule has 3 aromatic rings. The highest BCUT2D eigenvalue weighted by molar-refractivity contribution is 7.89. The second-order valence-electron chi connectivity index (χ2n) is 7.56. The van der Waals surface area contributed by atoms with Gasteiger partial charge in [0.05, 0.1) is 10.5 Å². The molecule has 0 bridgehead atoms. The van der Waals surface area contributed by atoms with Crippen molar-refractivity contribution in [3.63, 3.8) is 0 Å². The molecule has 5 N–H and O–H groups in total. The monoisotopic (exact) mass is 442 g/mol. The summed E-state index contributed by atoms with van der Waals surface area (Å²) in [6, 6.07) is 5.21. The van der Waals surface area contributed by atoms with E-state index in [0.29, 0.717) is 46.6 Å². The van der Waals surface area contributed by atoms with Crippen molar-refractivity contribution < 1.29 is 17.7 Å². The summed E-state index contributed by atoms with van der Waals surface area (Å²) < 4.78 is 30.7. The van der Waals surface area contributed by atoms with Crippen molar-refractivity contribution in [1.29, 1.82) is 0 Å². The Balaban J connectivity index is 1.95. The number of carbonyl (C=O) groups excluding carboxylic acids is 1. The minimum absolute atomic E-state index is 0.00793. The Morgan fingerprint density at radius 2 is 2.03 bits per heavy atom. The number of hydrogen-bond acceptors (Lipinski definition) is 8. The van der Waals surface area contributed by atoms with Gasteiger partial charge in [-0.2, -0.15) is 4.98 Å². The van der Waals surface area contributed by atoms with Crippen LogP contribution >= 0.6 is 0 Å². The number of aryl methyl sites for hydroxylation is 2. The molecule has 1 aromatic carbocycles. The number of nitrogens with zero attached hydrogens (tertiary/aromatic N) is 3. The number of pyridine rings is 1. The zero-order chi connectivity index (χ0) is 22.3. The number of piperidine rings is 1. The quantitative estimate of drug-likeness (QED) is 0.548. The highest BCUT2D eigenvalue weighted by Crippen LogP contribution is 2.40. The van der Waals surface area contributed by atoms with Crippen LogP contribution in [-0.2, 0) is 14.8 Å². The van der Waals surface area contributed by atoms with Crippen LogP contribution in [0.1, 0.15) is 35.7 Å². The first-order chi connectivity index (χ1) is 14.6. The molecule has 0 radical (unpaired) electrons. The molecule has 0 aliphatic carbocycles. The van der Waals surface area contributed by atoms with Crippen LogP contribution in [0.15, 0.2) is 33.8 Å². The molecule has 0 saturated carbocycles. The lowest BCUT2D eigenvalue weighted by Crippen LogP contribution is -2.33. The molecule has 1 amide bonds. The standard InChI is InChI=1S/C20H22N6O4S/c1-10-3-4-14(12-5-6-23-16(27)8-12)18(31(22,28)29)17(10)13-7-15(19(21)24-9-13)20-25-11(2)26-30-20/h3-4,7,9,12H,5-6,8H2,1-2H3,(H2,21,24)(H,23,27)(H2,22,28,29)/t12-/m1/s1. The lowest BCUT2D eigenvalue weighted by molar-refractivity contribution is -0.122. The zero-order valence-electron chi connectivity index (χ0n) is 17.0. The van der Waals surface area contributed by atoms with Crippen molar-refractivity contribution in [2.24, 2.45) is 5.14 Å². The van der Waals surface area contributed by atoms with E-state index < -0.39 is 10.0 Å². The number of nitrogens with two attached hydrogens (primary N) is 2. The molecule has 11 heteroatoms. The maximum atomic E-state index is 12.7. The first-order valence-corrected chi connectivity index (χ1v) is 11.2. The van der Waals surface area contributed by atoms with Gasteiger partial charge >= 0.3 is 0 Å². The largest absolute Gasteiger partial charge is 0.383 e. The number of primary sulfonamides is 1. The predicted molar refractivity (Wildman–Crippen MR) is 113 cm³/mol. The van der Waals surface area contributed by atoms with E-state index in [1.54, 1.807) is 26.0 Å². The number of amides is 1. The Morgan fingerprint density at radius 1 is 1.26 bits per heavy atom. The van der Waals surface area contributed by atoms with Crippen LogP contribution < -0.4 is 16.2 Å². The number of nitrogens with one attached hydrogen (secondary N) is 1. The number of nitrogen functional groups attached to an aromatic ring is 1. The van der Waals surface area contributed by atoms with E-state index in [9.17, 15) is 13.2 Å². The van der Waals surface area contributed by atoms with Crippen molar-refractivity contribution in [2.75, 3.05) is 12.3 Å². The number of sulfonamides is 1. The van der Waals surface area contributed by atoms with E-state index in [0.717, 1.165) is 0 Å². The second kappa shape index (κ2) is 7.75. The Labute approximate surface area is 179 Å². The number of benzene rings is 1. The fourth-order valence-corrected chi connectivity index (χ4v) is 5.05. The number of rotatable bonds is 4. The third-order valence-corrected chi connectivity index (χ3v) is 6.34. The molecule has 1 atom stereocenters. The third-order valence-electron chi connectivity index (χ3n) is 5.33. The van der Waals surface area contributed by atoms with Gasteiger partial charge in [0.25, 0.3) is 5.89 Å². The van der Waals surface area contributed by atoms with Crippen molar-refractivity contribution in [3.05, 3.63) is 41.3 Å². The van der Waals surface area contributed by atoms with Crippen molar-refractivity contribution in [2.45, 2.75) is 37.5 Å². The zero-order valence-corrected chi connectivity index (χ0v) is 17.9. The van der Waals surface area contributed by atoms with Crippen LogP contribution in [0.2, 0.25) is 0 Å². The molecule has 31 heavy (non-hydrogen) atoms. The molecule has 0 unspecified atom stereocenters. The number of anilines is 1. The summed E-state index contributed by atoms with van der Waals surface area (Å²) in [5.41, 5.74) is 8.50. The van der Waals surface area contributed by atoms with E-state index in [-0.39, 0.29) is 34.8 Å². The van der Waals surface area contributed by atoms with Crippen LogP contribution in [0.4, 0.5) is 5.82 Å². The molecule has 2 aromatic heterocycles. The molecule has 1 fully saturated rings. The summed E-state index contributed by atoms with van der Waals surface area (Å²) in [6.07, 6.45) is 2.29. The van der Waals surface area contributed by atoms with Gasteiger partial charge in [-0.25, -0.2) is 18.5 Å². The molecule has 4 rings (SSSR count). The Hall–Kier alpha value is -3.31. The van der Waals surface area contributed by atoms with E-state index in [1.165, 1.54) is 6.20 Å². The minimum atomic E-state index is -4.13. The van der Waals surface area contributed by atoms with Crippen molar-refractivity contribution in [3.8, 4) is 22.6 Å². The molecule has 0 spiro atoms. The maximum absolute atomic E-state index is 12.7. The first-order valence-electron chi connectivity index (χ1n) is 9.64. The number of carbonyl (C=O) groups is 1. The van der Waals surface area contributed by atoms with Crippen LogP contribution in [-0.4, -0.2) is 36.0 Å². The van der Waals surface area contributed by atoms with Gasteiger partial charge in [0, 0.05) is 30.3 Å². The minimum Gasteiger partial charge on any atom is -0.383 e. The van der Waals surface area contributed by atoms with E-state index >= 15 is 0 Å². The van der Waals surface area contributed by atoms with E-state index in [4.69, 9.17) is 15.4 Å². The fraction of sp³-hybridized carbons (Fsp3) is 0.300. The highest BCUT2D eigenvalue weighted by Gasteiger charge is 2.30. The molecule has 3 heterocycles. The van der Waals surface area contributed by atoms with E-state index in [2.05, 4.69) is 20.4 Å². The van der Waals surface area contributed by atoms with Crippen LogP contribution in [0.5, 0.6) is 0 Å². The van der Waals surface area contributed by atoms with Gasteiger partial charge in [0.2, 0.25) is 15.9 Å². The molecule has 162 valence electrons. The normalized spacial score (nSPS) is 16.9. The Bertz CT molecular complexity index is 1280. The summed E-state index contributed by atoms with van der Waals surface area (Å²) in [6.45, 7) is 3.93. The van der Waals surface area contributed by atoms with Gasteiger partial charge in [-0.3, -0.25) is 4.79 Å². The summed E-state index contributed by atoms with van der Waals surface area (Å²) in [5.74, 6) is 0.392. The molecular formula is C20H22N6O4S. The van der Waals surface area contributed by atoms with Gasteiger partial charge in [0.15, 0.2) is 5.82 Å². The smallest absolute Gasteiger partial charge is 0.261 e. The number of hydrogen-bond donors (Lipinski definition) is 3. The molecule has 1 saturated heterocycles. The summed E-state index contributed by atoms with van der Waals surface area (Å²) in [4.78, 5) is 20.3. The average molecular weight is 443 g/mol. The van der Waals surface area contributed by atoms with Crippen LogP contribution in [0.3, 0.4) is 0 Å². The van der Waals surface area contributed by atoms with Gasteiger partial charge in [-0.05, 0) is 43.4 Å². The molecule has 10 nitrogen and oxygen atoms in total. The summed E-state index contributed by atoms with van der Waals surface area (Å²) in [7, 11) is -4.13. The van der Waals surface area contributed by atoms with Crippen molar-refractivity contribution >= 4 is 21.7 Å². The number of aromatic nitrogens is 3. The predicted octanol–water partition coefficient (Wildman–Crippen LogP) is 1.64. The van der Waals surface area contributed by atoms with Crippen molar-refractivity contribution in [1.82, 2.24) is 20.4 Å². The topological polar surface area (TPSA) is 167 Å². The second-order valence-corrected chi connectivity index (χ2v) is 9.06. The van der Waals surface area contributed by atoms with Crippen LogP contribution in [0.25, 0.3) is 22.6 Å². The highest BCUT2D eigenvalue weighted by atomic mass is 32.2. The third kappa shape index (κ3) is 4.01.